The van der Waals surface area contributed by atoms with Crippen LogP contribution >= 0.6 is 0 Å². The summed E-state index contributed by atoms with van der Waals surface area (Å²) in [4.78, 5) is 30.8. The summed E-state index contributed by atoms with van der Waals surface area (Å²) >= 11 is 0. The predicted octanol–water partition coefficient (Wildman–Crippen LogP) is 1.76. The summed E-state index contributed by atoms with van der Waals surface area (Å²) in [5.41, 5.74) is 0.747. The maximum absolute atomic E-state index is 12.7. The Hall–Kier alpha value is -2.97. The average Bonchev–Trinajstić information content (AvgIpc) is 3.39. The normalized spacial score (nSPS) is 27.2. The number of fused-ring (bicyclic) bond motifs is 5. The first kappa shape index (κ1) is 20.3. The fraction of sp³-hybridized carbons (Fsp3) is 0.476. The van der Waals surface area contributed by atoms with Crippen LogP contribution in [0.15, 0.2) is 41.4 Å². The standard InChI is InChI=1S/C21H24F2N4O3/c1-24-21(26-11-12-3-2-4-15(9-12)30-20(22)23)25-7-8-27-18(28)16-13-5-6-14(10-13)17(16)19(27)29/h2-6,9,13-14,16-17,20H,7-8,10-11H2,1H3,(H2,24,25,26). The van der Waals surface area contributed by atoms with E-state index >= 15 is 0 Å². The van der Waals surface area contributed by atoms with Gasteiger partial charge in [-0.2, -0.15) is 8.78 Å². The highest BCUT2D eigenvalue weighted by molar-refractivity contribution is 6.06. The molecule has 9 heteroatoms. The van der Waals surface area contributed by atoms with Crippen molar-refractivity contribution >= 4 is 17.8 Å². The van der Waals surface area contributed by atoms with Crippen molar-refractivity contribution in [2.24, 2.45) is 28.7 Å². The summed E-state index contributed by atoms with van der Waals surface area (Å²) in [7, 11) is 1.60. The monoisotopic (exact) mass is 418 g/mol. The average molecular weight is 418 g/mol. The molecular formula is C21H24F2N4O3. The molecule has 1 heterocycles. The Morgan fingerprint density at radius 1 is 1.20 bits per heavy atom. The quantitative estimate of drug-likeness (QED) is 0.305. The SMILES string of the molecule is CN=C(NCCN1C(=O)C2C3C=CC(C3)C2C1=O)NCc1cccc(OC(F)F)c1. The van der Waals surface area contributed by atoms with Crippen LogP contribution in [-0.4, -0.2) is 49.4 Å². The third-order valence-electron chi connectivity index (χ3n) is 6.00. The number of nitrogens with zero attached hydrogens (tertiary/aromatic N) is 2. The van der Waals surface area contributed by atoms with E-state index in [2.05, 4.69) is 32.5 Å². The van der Waals surface area contributed by atoms with Crippen LogP contribution in [0, 0.1) is 23.7 Å². The highest BCUT2D eigenvalue weighted by atomic mass is 19.3. The molecule has 0 radical (unpaired) electrons. The largest absolute Gasteiger partial charge is 0.435 e. The van der Waals surface area contributed by atoms with Crippen LogP contribution in [0.1, 0.15) is 12.0 Å². The second kappa shape index (κ2) is 8.41. The van der Waals surface area contributed by atoms with Gasteiger partial charge in [-0.3, -0.25) is 19.5 Å². The molecule has 1 aromatic carbocycles. The van der Waals surface area contributed by atoms with Gasteiger partial charge in [0.2, 0.25) is 11.8 Å². The number of imide groups is 1. The lowest BCUT2D eigenvalue weighted by Gasteiger charge is -2.18. The number of guanidine groups is 1. The molecule has 160 valence electrons. The van der Waals surface area contributed by atoms with E-state index in [1.54, 1.807) is 19.2 Å². The molecule has 1 aromatic rings. The molecule has 2 fully saturated rings. The number of benzene rings is 1. The molecule has 30 heavy (non-hydrogen) atoms. The van der Waals surface area contributed by atoms with Gasteiger partial charge in [0.15, 0.2) is 5.96 Å². The minimum atomic E-state index is -2.87. The summed E-state index contributed by atoms with van der Waals surface area (Å²) in [6, 6.07) is 6.40. The van der Waals surface area contributed by atoms with Gasteiger partial charge in [-0.25, -0.2) is 0 Å². The molecule has 1 aliphatic heterocycles. The predicted molar refractivity (Wildman–Crippen MR) is 106 cm³/mol. The van der Waals surface area contributed by atoms with Crippen LogP contribution in [0.4, 0.5) is 8.78 Å². The molecule has 1 saturated carbocycles. The number of amides is 2. The van der Waals surface area contributed by atoms with Gasteiger partial charge in [0, 0.05) is 26.7 Å². The topological polar surface area (TPSA) is 83.0 Å². The number of carbonyl (C=O) groups excluding carboxylic acids is 2. The van der Waals surface area contributed by atoms with Crippen LogP contribution in [0.3, 0.4) is 0 Å². The zero-order valence-electron chi connectivity index (χ0n) is 16.6. The van der Waals surface area contributed by atoms with E-state index < -0.39 is 6.61 Å². The Morgan fingerprint density at radius 3 is 2.53 bits per heavy atom. The lowest BCUT2D eigenvalue weighted by molar-refractivity contribution is -0.140. The fourth-order valence-corrected chi connectivity index (χ4v) is 4.71. The molecule has 2 amide bonds. The Kier molecular flexibility index (Phi) is 5.69. The Morgan fingerprint density at radius 2 is 1.90 bits per heavy atom. The van der Waals surface area contributed by atoms with Gasteiger partial charge in [-0.1, -0.05) is 24.3 Å². The minimum absolute atomic E-state index is 0.0672. The molecule has 4 rings (SSSR count). The van der Waals surface area contributed by atoms with Crippen molar-refractivity contribution < 1.29 is 23.1 Å². The van der Waals surface area contributed by atoms with E-state index in [1.807, 2.05) is 0 Å². The van der Waals surface area contributed by atoms with Crippen LogP contribution in [0.25, 0.3) is 0 Å². The van der Waals surface area contributed by atoms with Gasteiger partial charge in [0.1, 0.15) is 5.75 Å². The summed E-state index contributed by atoms with van der Waals surface area (Å²) in [5.74, 6) is 0.469. The number of carbonyl (C=O) groups is 2. The third-order valence-corrected chi connectivity index (χ3v) is 6.00. The third kappa shape index (κ3) is 3.88. The lowest BCUT2D eigenvalue weighted by atomic mass is 9.85. The molecule has 2 aliphatic carbocycles. The van der Waals surface area contributed by atoms with Crippen molar-refractivity contribution in [3.63, 3.8) is 0 Å². The minimum Gasteiger partial charge on any atom is -0.435 e. The van der Waals surface area contributed by atoms with Gasteiger partial charge in [0.25, 0.3) is 0 Å². The van der Waals surface area contributed by atoms with Crippen molar-refractivity contribution in [3.05, 3.63) is 42.0 Å². The molecule has 0 spiro atoms. The van der Waals surface area contributed by atoms with E-state index in [0.29, 0.717) is 19.0 Å². The first-order valence-electron chi connectivity index (χ1n) is 9.99. The highest BCUT2D eigenvalue weighted by Crippen LogP contribution is 2.52. The van der Waals surface area contributed by atoms with Gasteiger partial charge in [-0.05, 0) is 36.0 Å². The van der Waals surface area contributed by atoms with E-state index in [-0.39, 0.29) is 47.8 Å². The van der Waals surface area contributed by atoms with E-state index in [4.69, 9.17) is 0 Å². The molecule has 1 saturated heterocycles. The van der Waals surface area contributed by atoms with Crippen LogP contribution in [0.5, 0.6) is 5.75 Å². The van der Waals surface area contributed by atoms with E-state index in [1.165, 1.54) is 17.0 Å². The van der Waals surface area contributed by atoms with Crippen molar-refractivity contribution in [3.8, 4) is 5.75 Å². The first-order valence-corrected chi connectivity index (χ1v) is 9.99. The van der Waals surface area contributed by atoms with Crippen LogP contribution in [-0.2, 0) is 16.1 Å². The smallest absolute Gasteiger partial charge is 0.387 e. The van der Waals surface area contributed by atoms with Gasteiger partial charge in [-0.15, -0.1) is 0 Å². The van der Waals surface area contributed by atoms with Crippen LogP contribution in [0.2, 0.25) is 0 Å². The zero-order valence-corrected chi connectivity index (χ0v) is 16.6. The number of halogens is 2. The molecule has 4 unspecified atom stereocenters. The second-order valence-corrected chi connectivity index (χ2v) is 7.71. The number of aliphatic imine (C=N–C) groups is 1. The van der Waals surface area contributed by atoms with Crippen molar-refractivity contribution in [1.82, 2.24) is 15.5 Å². The molecule has 2 bridgehead atoms. The number of likely N-dealkylation sites (tertiary alicyclic amines) is 1. The molecular weight excluding hydrogens is 394 g/mol. The van der Waals surface area contributed by atoms with Crippen molar-refractivity contribution in [1.29, 1.82) is 0 Å². The van der Waals surface area contributed by atoms with Crippen molar-refractivity contribution in [2.75, 3.05) is 20.1 Å². The fourth-order valence-electron chi connectivity index (χ4n) is 4.71. The maximum Gasteiger partial charge on any atom is 0.387 e. The number of alkyl halides is 2. The highest BCUT2D eigenvalue weighted by Gasteiger charge is 2.58. The van der Waals surface area contributed by atoms with E-state index in [9.17, 15) is 18.4 Å². The Labute approximate surface area is 173 Å². The van der Waals surface area contributed by atoms with Crippen molar-refractivity contribution in [2.45, 2.75) is 19.6 Å². The Balaban J connectivity index is 1.26. The molecule has 0 aromatic heterocycles. The molecule has 7 nitrogen and oxygen atoms in total. The number of hydrogen-bond donors (Lipinski definition) is 2. The number of ether oxygens (including phenoxy) is 1. The second-order valence-electron chi connectivity index (χ2n) is 7.71. The molecule has 2 N–H and O–H groups in total. The summed E-state index contributed by atoms with van der Waals surface area (Å²) in [5, 5.41) is 6.16. The summed E-state index contributed by atoms with van der Waals surface area (Å²) in [6.45, 7) is -1.87. The Bertz CT molecular complexity index is 859. The number of rotatable bonds is 7. The summed E-state index contributed by atoms with van der Waals surface area (Å²) in [6.07, 6.45) is 5.07. The van der Waals surface area contributed by atoms with E-state index in [0.717, 1.165) is 12.0 Å². The summed E-state index contributed by atoms with van der Waals surface area (Å²) < 4.78 is 29.1. The molecule has 4 atom stereocenters. The number of nitrogens with one attached hydrogen (secondary N) is 2. The molecule has 3 aliphatic rings. The van der Waals surface area contributed by atoms with Gasteiger partial charge >= 0.3 is 6.61 Å². The first-order chi connectivity index (χ1) is 14.5. The van der Waals surface area contributed by atoms with Gasteiger partial charge in [0.05, 0.1) is 11.8 Å². The number of hydrogen-bond acceptors (Lipinski definition) is 4. The number of allylic oxidation sites excluding steroid dienone is 2. The lowest BCUT2D eigenvalue weighted by Crippen LogP contribution is -2.43. The van der Waals surface area contributed by atoms with Gasteiger partial charge < -0.3 is 15.4 Å². The van der Waals surface area contributed by atoms with Crippen LogP contribution < -0.4 is 15.4 Å². The zero-order chi connectivity index (χ0) is 21.3. The maximum atomic E-state index is 12.7.